The molecule has 2 aliphatic heterocycles. The Balaban J connectivity index is 1.66. The van der Waals surface area contributed by atoms with Crippen LogP contribution in [0, 0.1) is 0 Å². The number of hydrogen-bond donors (Lipinski definition) is 0. The number of rotatable bonds is 6. The maximum atomic E-state index is 14.2. The van der Waals surface area contributed by atoms with Gasteiger partial charge in [-0.25, -0.2) is 4.79 Å². The molecule has 2 aromatic rings. The summed E-state index contributed by atoms with van der Waals surface area (Å²) < 4.78 is 16.6. The minimum absolute atomic E-state index is 0.00966. The second-order valence-electron chi connectivity index (χ2n) is 9.47. The summed E-state index contributed by atoms with van der Waals surface area (Å²) in [5.41, 5.74) is -0.00637. The molecule has 2 fully saturated rings. The second kappa shape index (κ2) is 9.15. The van der Waals surface area contributed by atoms with Crippen LogP contribution in [0.3, 0.4) is 0 Å². The predicted octanol–water partition coefficient (Wildman–Crippen LogP) is 3.72. The van der Waals surface area contributed by atoms with E-state index >= 15 is 0 Å². The second-order valence-corrected chi connectivity index (χ2v) is 9.47. The number of amides is 1. The van der Waals surface area contributed by atoms with Gasteiger partial charge < -0.3 is 19.1 Å². The van der Waals surface area contributed by atoms with Crippen molar-refractivity contribution in [2.75, 3.05) is 39.9 Å². The van der Waals surface area contributed by atoms with Gasteiger partial charge in [0.2, 0.25) is 0 Å². The van der Waals surface area contributed by atoms with Crippen molar-refractivity contribution < 1.29 is 23.8 Å². The van der Waals surface area contributed by atoms with E-state index in [4.69, 9.17) is 14.2 Å². The number of ketones is 1. The van der Waals surface area contributed by atoms with E-state index < -0.39 is 11.1 Å². The largest absolute Gasteiger partial charge is 0.497 e. The van der Waals surface area contributed by atoms with Gasteiger partial charge in [0.25, 0.3) is 0 Å². The highest BCUT2D eigenvalue weighted by atomic mass is 16.6. The lowest BCUT2D eigenvalue weighted by molar-refractivity contribution is -0.00697. The molecule has 7 nitrogen and oxygen atoms in total. The van der Waals surface area contributed by atoms with Crippen molar-refractivity contribution in [1.82, 2.24) is 9.80 Å². The number of piperazine rings is 1. The van der Waals surface area contributed by atoms with Gasteiger partial charge in [-0.1, -0.05) is 30.3 Å². The molecule has 2 aromatic carbocycles. The van der Waals surface area contributed by atoms with Crippen LogP contribution in [-0.4, -0.2) is 73.3 Å². The summed E-state index contributed by atoms with van der Waals surface area (Å²) in [6, 6.07) is 17.0. The number of ether oxygens (including phenoxy) is 3. The molecule has 2 aliphatic rings. The first-order valence-electron chi connectivity index (χ1n) is 11.3. The van der Waals surface area contributed by atoms with Gasteiger partial charge in [-0.05, 0) is 50.6 Å². The number of epoxide rings is 1. The maximum absolute atomic E-state index is 14.2. The molecule has 0 N–H and O–H groups in total. The zero-order valence-corrected chi connectivity index (χ0v) is 19.7. The summed E-state index contributed by atoms with van der Waals surface area (Å²) in [5.74, 6) is 0.690. The predicted molar refractivity (Wildman–Crippen MR) is 125 cm³/mol. The Labute approximate surface area is 195 Å². The monoisotopic (exact) mass is 452 g/mol. The highest BCUT2D eigenvalue weighted by Gasteiger charge is 2.58. The molecule has 0 aliphatic carbocycles. The maximum Gasteiger partial charge on any atom is 0.410 e. The zero-order valence-electron chi connectivity index (χ0n) is 19.7. The van der Waals surface area contributed by atoms with Gasteiger partial charge in [0.15, 0.2) is 5.78 Å². The Morgan fingerprint density at radius 2 is 1.55 bits per heavy atom. The normalized spacial score (nSPS) is 20.6. The van der Waals surface area contributed by atoms with Gasteiger partial charge in [0.05, 0.1) is 13.7 Å². The SMILES string of the molecule is COc1ccc(C(=O)C(c2ccccc2)(C2CO2)N2CCN(C(=O)OC(C)(C)C)CC2)cc1. The molecule has 2 saturated heterocycles. The molecular weight excluding hydrogens is 420 g/mol. The molecule has 1 amide bonds. The molecule has 0 radical (unpaired) electrons. The summed E-state index contributed by atoms with van der Waals surface area (Å²) in [6.45, 7) is 8.13. The quantitative estimate of drug-likeness (QED) is 0.491. The average Bonchev–Trinajstić information content (AvgIpc) is 3.65. The van der Waals surface area contributed by atoms with Crippen LogP contribution in [0.4, 0.5) is 4.79 Å². The first-order valence-corrected chi connectivity index (χ1v) is 11.3. The topological polar surface area (TPSA) is 71.6 Å². The van der Waals surface area contributed by atoms with Gasteiger partial charge in [0, 0.05) is 31.7 Å². The molecule has 7 heteroatoms. The molecule has 2 unspecified atom stereocenters. The van der Waals surface area contributed by atoms with Gasteiger partial charge in [-0.3, -0.25) is 9.69 Å². The van der Waals surface area contributed by atoms with Crippen molar-refractivity contribution in [3.05, 3.63) is 65.7 Å². The lowest BCUT2D eigenvalue weighted by Crippen LogP contribution is -2.62. The van der Waals surface area contributed by atoms with Crippen molar-refractivity contribution in [1.29, 1.82) is 0 Å². The van der Waals surface area contributed by atoms with Crippen LogP contribution in [0.2, 0.25) is 0 Å². The molecule has 0 aromatic heterocycles. The summed E-state index contributed by atoms with van der Waals surface area (Å²) in [7, 11) is 1.60. The fourth-order valence-electron chi connectivity index (χ4n) is 4.51. The fourth-order valence-corrected chi connectivity index (χ4v) is 4.51. The Morgan fingerprint density at radius 3 is 2.06 bits per heavy atom. The molecule has 0 spiro atoms. The number of benzene rings is 2. The lowest BCUT2D eigenvalue weighted by Gasteiger charge is -2.46. The van der Waals surface area contributed by atoms with Crippen molar-refractivity contribution in [2.24, 2.45) is 0 Å². The molecule has 2 heterocycles. The average molecular weight is 453 g/mol. The fraction of sp³-hybridized carbons (Fsp3) is 0.462. The van der Waals surface area contributed by atoms with E-state index in [1.54, 1.807) is 36.3 Å². The van der Waals surface area contributed by atoms with Crippen LogP contribution >= 0.6 is 0 Å². The van der Waals surface area contributed by atoms with E-state index in [0.29, 0.717) is 44.1 Å². The van der Waals surface area contributed by atoms with E-state index in [9.17, 15) is 9.59 Å². The number of Topliss-reactive ketones (excluding diaryl/α,β-unsaturated/α-hetero) is 1. The van der Waals surface area contributed by atoms with Crippen LogP contribution in [0.1, 0.15) is 36.7 Å². The Kier molecular flexibility index (Phi) is 6.45. The van der Waals surface area contributed by atoms with Crippen LogP contribution in [0.15, 0.2) is 54.6 Å². The zero-order chi connectivity index (χ0) is 23.6. The third kappa shape index (κ3) is 4.75. The van der Waals surface area contributed by atoms with Crippen LogP contribution < -0.4 is 4.74 Å². The molecule has 4 rings (SSSR count). The molecular formula is C26H32N2O5. The third-order valence-electron chi connectivity index (χ3n) is 6.14. The van der Waals surface area contributed by atoms with E-state index in [2.05, 4.69) is 4.90 Å². The van der Waals surface area contributed by atoms with E-state index in [1.165, 1.54) is 0 Å². The molecule has 0 saturated carbocycles. The molecule has 2 atom stereocenters. The summed E-state index contributed by atoms with van der Waals surface area (Å²) in [6.07, 6.45) is -0.570. The highest BCUT2D eigenvalue weighted by molar-refractivity contribution is 6.04. The number of methoxy groups -OCH3 is 1. The Morgan fingerprint density at radius 1 is 0.939 bits per heavy atom. The third-order valence-corrected chi connectivity index (χ3v) is 6.14. The van der Waals surface area contributed by atoms with Crippen LogP contribution in [0.5, 0.6) is 5.75 Å². The smallest absolute Gasteiger partial charge is 0.410 e. The number of nitrogens with zero attached hydrogens (tertiary/aromatic N) is 2. The summed E-state index contributed by atoms with van der Waals surface area (Å²) in [5, 5.41) is 0. The van der Waals surface area contributed by atoms with Crippen molar-refractivity contribution in [3.8, 4) is 5.75 Å². The lowest BCUT2D eigenvalue weighted by atomic mass is 9.77. The Bertz CT molecular complexity index is 974. The van der Waals surface area contributed by atoms with E-state index in [0.717, 1.165) is 5.56 Å². The van der Waals surface area contributed by atoms with Crippen molar-refractivity contribution in [2.45, 2.75) is 38.0 Å². The standard InChI is InChI=1S/C26H32N2O5/c1-25(2,3)33-24(30)27-14-16-28(17-15-27)26(22-18-32-22,20-8-6-5-7-9-20)23(29)19-10-12-21(31-4)13-11-19/h5-13,22H,14-18H2,1-4H3. The van der Waals surface area contributed by atoms with Crippen LogP contribution in [-0.2, 0) is 15.0 Å². The van der Waals surface area contributed by atoms with Crippen LogP contribution in [0.25, 0.3) is 0 Å². The van der Waals surface area contributed by atoms with Gasteiger partial charge >= 0.3 is 6.09 Å². The number of hydrogen-bond acceptors (Lipinski definition) is 6. The first-order chi connectivity index (χ1) is 15.8. The molecule has 0 bridgehead atoms. The molecule has 176 valence electrons. The minimum Gasteiger partial charge on any atom is -0.497 e. The highest BCUT2D eigenvalue weighted by Crippen LogP contribution is 2.43. The Hall–Kier alpha value is -2.90. The first kappa shape index (κ1) is 23.3. The van der Waals surface area contributed by atoms with E-state index in [1.807, 2.05) is 51.1 Å². The summed E-state index contributed by atoms with van der Waals surface area (Å²) in [4.78, 5) is 30.7. The van der Waals surface area contributed by atoms with Gasteiger partial charge in [-0.2, -0.15) is 0 Å². The number of carbonyl (C=O) groups is 2. The van der Waals surface area contributed by atoms with Crippen molar-refractivity contribution >= 4 is 11.9 Å². The van der Waals surface area contributed by atoms with E-state index in [-0.39, 0.29) is 18.0 Å². The molecule has 33 heavy (non-hydrogen) atoms. The number of carbonyl (C=O) groups excluding carboxylic acids is 2. The van der Waals surface area contributed by atoms with Gasteiger partial charge in [-0.15, -0.1) is 0 Å². The van der Waals surface area contributed by atoms with Gasteiger partial charge in [0.1, 0.15) is 23.0 Å². The summed E-state index contributed by atoms with van der Waals surface area (Å²) >= 11 is 0. The minimum atomic E-state index is -0.962. The van der Waals surface area contributed by atoms with Crippen molar-refractivity contribution in [3.63, 3.8) is 0 Å².